The summed E-state index contributed by atoms with van der Waals surface area (Å²) in [6.45, 7) is 1.84. The average molecular weight is 290 g/mol. The predicted molar refractivity (Wildman–Crippen MR) is 74.7 cm³/mol. The molecule has 0 aromatic heterocycles. The highest BCUT2D eigenvalue weighted by molar-refractivity contribution is 6.05. The van der Waals surface area contributed by atoms with Gasteiger partial charge in [-0.05, 0) is 18.4 Å². The molecule has 21 heavy (non-hydrogen) atoms. The van der Waals surface area contributed by atoms with Gasteiger partial charge in [0.15, 0.2) is 5.41 Å². The van der Waals surface area contributed by atoms with Crippen LogP contribution in [0.1, 0.15) is 29.3 Å². The maximum absolute atomic E-state index is 12.1. The van der Waals surface area contributed by atoms with Crippen LogP contribution in [0, 0.1) is 10.8 Å². The molecule has 0 aliphatic heterocycles. The Morgan fingerprint density at radius 1 is 1.19 bits per heavy atom. The lowest BCUT2D eigenvalue weighted by atomic mass is 9.87. The number of hydrogen-bond donors (Lipinski definition) is 0. The van der Waals surface area contributed by atoms with Gasteiger partial charge in [0, 0.05) is 11.0 Å². The summed E-state index contributed by atoms with van der Waals surface area (Å²) in [7, 11) is 2.51. The molecule has 5 heteroatoms. The van der Waals surface area contributed by atoms with E-state index in [1.807, 2.05) is 19.1 Å². The summed E-state index contributed by atoms with van der Waals surface area (Å²) in [6, 6.07) is 7.14. The monoisotopic (exact) mass is 290 g/mol. The Morgan fingerprint density at radius 3 is 2.29 bits per heavy atom. The van der Waals surface area contributed by atoms with Gasteiger partial charge in [-0.25, -0.2) is 0 Å². The van der Waals surface area contributed by atoms with Crippen LogP contribution in [0.2, 0.25) is 0 Å². The van der Waals surface area contributed by atoms with Gasteiger partial charge in [-0.3, -0.25) is 14.4 Å². The fourth-order valence-corrected chi connectivity index (χ4v) is 3.05. The molecule has 1 saturated carbocycles. The summed E-state index contributed by atoms with van der Waals surface area (Å²) in [5.41, 5.74) is -0.502. The van der Waals surface area contributed by atoms with Crippen molar-refractivity contribution in [2.24, 2.45) is 10.8 Å². The smallest absolute Gasteiger partial charge is 0.323 e. The fraction of sp³-hybridized carbons (Fsp3) is 0.438. The van der Waals surface area contributed by atoms with Crippen LogP contribution >= 0.6 is 0 Å². The largest absolute Gasteiger partial charge is 0.468 e. The Labute approximate surface area is 123 Å². The van der Waals surface area contributed by atoms with Crippen molar-refractivity contribution in [2.75, 3.05) is 14.2 Å². The SMILES string of the molecule is COC(=O)C1(C(=O)OC)CC1(C)Cc1ccccc1C=O. The first-order valence-corrected chi connectivity index (χ1v) is 6.65. The number of aldehydes is 1. The highest BCUT2D eigenvalue weighted by atomic mass is 16.5. The van der Waals surface area contributed by atoms with E-state index in [4.69, 9.17) is 9.47 Å². The lowest BCUT2D eigenvalue weighted by molar-refractivity contribution is -0.163. The predicted octanol–water partition coefficient (Wildman–Crippen LogP) is 1.78. The van der Waals surface area contributed by atoms with E-state index in [0.29, 0.717) is 18.4 Å². The molecule has 0 bridgehead atoms. The molecule has 112 valence electrons. The molecule has 5 nitrogen and oxygen atoms in total. The number of methoxy groups -OCH3 is 2. The van der Waals surface area contributed by atoms with Crippen molar-refractivity contribution in [3.05, 3.63) is 35.4 Å². The first-order chi connectivity index (χ1) is 9.95. The van der Waals surface area contributed by atoms with Crippen LogP contribution in [-0.4, -0.2) is 32.4 Å². The summed E-state index contributed by atoms with van der Waals surface area (Å²) >= 11 is 0. The maximum Gasteiger partial charge on any atom is 0.323 e. The van der Waals surface area contributed by atoms with E-state index < -0.39 is 22.8 Å². The van der Waals surface area contributed by atoms with Gasteiger partial charge in [-0.2, -0.15) is 0 Å². The van der Waals surface area contributed by atoms with Crippen LogP contribution in [-0.2, 0) is 25.5 Å². The van der Waals surface area contributed by atoms with Crippen LogP contribution in [0.5, 0.6) is 0 Å². The molecule has 1 atom stereocenters. The topological polar surface area (TPSA) is 69.7 Å². The Balaban J connectivity index is 2.34. The normalized spacial score (nSPS) is 22.2. The van der Waals surface area contributed by atoms with Gasteiger partial charge in [0.1, 0.15) is 6.29 Å². The highest BCUT2D eigenvalue weighted by Gasteiger charge is 2.75. The minimum atomic E-state index is -1.27. The molecule has 2 rings (SSSR count). The number of esters is 2. The van der Waals surface area contributed by atoms with Crippen molar-refractivity contribution in [3.63, 3.8) is 0 Å². The molecule has 1 aliphatic rings. The van der Waals surface area contributed by atoms with E-state index in [0.717, 1.165) is 11.8 Å². The van der Waals surface area contributed by atoms with E-state index in [1.165, 1.54) is 14.2 Å². The lowest BCUT2D eigenvalue weighted by Gasteiger charge is -2.19. The minimum absolute atomic E-state index is 0.354. The summed E-state index contributed by atoms with van der Waals surface area (Å²) in [4.78, 5) is 35.2. The van der Waals surface area contributed by atoms with Crippen molar-refractivity contribution in [1.29, 1.82) is 0 Å². The van der Waals surface area contributed by atoms with Crippen LogP contribution in [0.4, 0.5) is 0 Å². The van der Waals surface area contributed by atoms with Gasteiger partial charge in [0.05, 0.1) is 14.2 Å². The molecular formula is C16H18O5. The van der Waals surface area contributed by atoms with Crippen LogP contribution < -0.4 is 0 Å². The van der Waals surface area contributed by atoms with Gasteiger partial charge in [-0.1, -0.05) is 31.2 Å². The van der Waals surface area contributed by atoms with Crippen molar-refractivity contribution < 1.29 is 23.9 Å². The first-order valence-electron chi connectivity index (χ1n) is 6.65. The average Bonchev–Trinajstić information content (AvgIpc) is 3.12. The summed E-state index contributed by atoms with van der Waals surface area (Å²) in [5.74, 6) is -1.17. The summed E-state index contributed by atoms with van der Waals surface area (Å²) < 4.78 is 9.56. The molecule has 1 aromatic carbocycles. The number of benzene rings is 1. The van der Waals surface area contributed by atoms with Crippen molar-refractivity contribution in [2.45, 2.75) is 19.8 Å². The zero-order valence-electron chi connectivity index (χ0n) is 12.3. The molecular weight excluding hydrogens is 272 g/mol. The summed E-state index contributed by atoms with van der Waals surface area (Å²) in [5, 5.41) is 0. The maximum atomic E-state index is 12.1. The second-order valence-electron chi connectivity index (χ2n) is 5.62. The lowest BCUT2D eigenvalue weighted by Crippen LogP contribution is -2.34. The Hall–Kier alpha value is -2.17. The van der Waals surface area contributed by atoms with Crippen LogP contribution in [0.25, 0.3) is 0 Å². The van der Waals surface area contributed by atoms with Crippen molar-refractivity contribution >= 4 is 18.2 Å². The zero-order valence-corrected chi connectivity index (χ0v) is 12.3. The van der Waals surface area contributed by atoms with E-state index in [1.54, 1.807) is 12.1 Å². The Bertz CT molecular complexity index is 576. The third kappa shape index (κ3) is 2.22. The molecule has 1 unspecified atom stereocenters. The van der Waals surface area contributed by atoms with Crippen molar-refractivity contribution in [3.8, 4) is 0 Å². The minimum Gasteiger partial charge on any atom is -0.468 e. The standard InChI is InChI=1S/C16H18O5/c1-15(8-11-6-4-5-7-12(11)9-17)10-16(15,13(18)20-2)14(19)21-3/h4-7,9H,8,10H2,1-3H3. The van der Waals surface area contributed by atoms with Gasteiger partial charge in [0.25, 0.3) is 0 Å². The molecule has 0 amide bonds. The van der Waals surface area contributed by atoms with E-state index >= 15 is 0 Å². The third-order valence-corrected chi connectivity index (χ3v) is 4.39. The van der Waals surface area contributed by atoms with E-state index in [2.05, 4.69) is 0 Å². The number of carbonyl (C=O) groups excluding carboxylic acids is 3. The van der Waals surface area contributed by atoms with E-state index in [9.17, 15) is 14.4 Å². The van der Waals surface area contributed by atoms with Gasteiger partial charge in [0.2, 0.25) is 0 Å². The quantitative estimate of drug-likeness (QED) is 0.470. The van der Waals surface area contributed by atoms with Gasteiger partial charge >= 0.3 is 11.9 Å². The molecule has 0 saturated heterocycles. The molecule has 1 fully saturated rings. The van der Waals surface area contributed by atoms with Gasteiger partial charge < -0.3 is 9.47 Å². The Morgan fingerprint density at radius 2 is 1.76 bits per heavy atom. The molecule has 1 aromatic rings. The second kappa shape index (κ2) is 5.31. The van der Waals surface area contributed by atoms with Crippen LogP contribution in [0.15, 0.2) is 24.3 Å². The molecule has 0 N–H and O–H groups in total. The number of rotatable bonds is 5. The summed E-state index contributed by atoms with van der Waals surface area (Å²) in [6.07, 6.45) is 1.57. The molecule has 0 heterocycles. The third-order valence-electron chi connectivity index (χ3n) is 4.39. The highest BCUT2D eigenvalue weighted by Crippen LogP contribution is 2.66. The molecule has 0 spiro atoms. The number of hydrogen-bond acceptors (Lipinski definition) is 5. The molecule has 1 aliphatic carbocycles. The second-order valence-corrected chi connectivity index (χ2v) is 5.62. The number of ether oxygens (including phenoxy) is 2. The van der Waals surface area contributed by atoms with Gasteiger partial charge in [-0.15, -0.1) is 0 Å². The first kappa shape index (κ1) is 15.2. The van der Waals surface area contributed by atoms with Crippen molar-refractivity contribution in [1.82, 2.24) is 0 Å². The van der Waals surface area contributed by atoms with Crippen LogP contribution in [0.3, 0.4) is 0 Å². The fourth-order valence-electron chi connectivity index (χ4n) is 3.05. The molecule has 0 radical (unpaired) electrons. The Kier molecular flexibility index (Phi) is 3.85. The van der Waals surface area contributed by atoms with E-state index in [-0.39, 0.29) is 0 Å². The zero-order chi connectivity index (χ0) is 15.7. The number of carbonyl (C=O) groups is 3.